The van der Waals surface area contributed by atoms with Crippen LogP contribution in [0.1, 0.15) is 6.92 Å². The Kier molecular flexibility index (Phi) is 4.64. The normalized spacial score (nSPS) is 16.4. The second-order valence-corrected chi connectivity index (χ2v) is 6.72. The van der Waals surface area contributed by atoms with Gasteiger partial charge in [0, 0.05) is 38.1 Å². The molecule has 1 atom stereocenters. The van der Waals surface area contributed by atoms with Crippen LogP contribution in [0.4, 0.5) is 11.5 Å². The van der Waals surface area contributed by atoms with E-state index in [0.717, 1.165) is 37.5 Å². The fraction of sp³-hybridized carbons (Fsp3) is 0.316. The molecule has 8 heteroatoms. The molecule has 0 saturated carbocycles. The highest BCUT2D eigenvalue weighted by molar-refractivity contribution is 5.96. The van der Waals surface area contributed by atoms with E-state index in [1.165, 1.54) is 0 Å². The molecule has 1 aliphatic heterocycles. The zero-order valence-corrected chi connectivity index (χ0v) is 15.1. The van der Waals surface area contributed by atoms with Crippen LogP contribution >= 0.6 is 0 Å². The second-order valence-electron chi connectivity index (χ2n) is 6.72. The topological polar surface area (TPSA) is 97.1 Å². The summed E-state index contributed by atoms with van der Waals surface area (Å²) in [5.41, 5.74) is 1.81. The van der Waals surface area contributed by atoms with E-state index in [2.05, 4.69) is 30.1 Å². The Hall–Kier alpha value is -3.13. The number of hydrogen-bond acceptors (Lipinski definition) is 5. The number of carbonyl (C=O) groups excluding carboxylic acids is 1. The number of amides is 1. The number of anilines is 2. The molecule has 0 radical (unpaired) electrons. The van der Waals surface area contributed by atoms with Crippen LogP contribution in [0.5, 0.6) is 0 Å². The summed E-state index contributed by atoms with van der Waals surface area (Å²) in [6, 6.07) is 11.0. The van der Waals surface area contributed by atoms with Crippen molar-refractivity contribution in [3.63, 3.8) is 0 Å². The molecular weight excluding hydrogens is 344 g/mol. The average molecular weight is 366 g/mol. The lowest BCUT2D eigenvalue weighted by Gasteiger charge is -2.37. The lowest BCUT2D eigenvalue weighted by Crippen LogP contribution is -2.53. The van der Waals surface area contributed by atoms with Gasteiger partial charge >= 0.3 is 5.69 Å². The van der Waals surface area contributed by atoms with Gasteiger partial charge in [-0.3, -0.25) is 9.69 Å². The minimum absolute atomic E-state index is 0.0569. The van der Waals surface area contributed by atoms with Gasteiger partial charge < -0.3 is 20.2 Å². The van der Waals surface area contributed by atoms with Crippen molar-refractivity contribution < 1.29 is 4.79 Å². The first kappa shape index (κ1) is 17.3. The van der Waals surface area contributed by atoms with Gasteiger partial charge in [-0.25, -0.2) is 9.78 Å². The molecule has 1 aromatic carbocycles. The van der Waals surface area contributed by atoms with Gasteiger partial charge in [0.1, 0.15) is 5.82 Å². The SMILES string of the molecule is C[C@H](C(=O)Nc1ccc2[nH]c(=O)[nH]c2c1)N1CCN(c2ccccn2)CC1. The summed E-state index contributed by atoms with van der Waals surface area (Å²) < 4.78 is 0. The van der Waals surface area contributed by atoms with Crippen LogP contribution in [-0.4, -0.2) is 58.0 Å². The van der Waals surface area contributed by atoms with Gasteiger partial charge in [-0.1, -0.05) is 6.07 Å². The van der Waals surface area contributed by atoms with E-state index >= 15 is 0 Å². The maximum absolute atomic E-state index is 12.6. The fourth-order valence-electron chi connectivity index (χ4n) is 3.40. The molecule has 2 aromatic heterocycles. The maximum atomic E-state index is 12.6. The van der Waals surface area contributed by atoms with Crippen molar-refractivity contribution in [3.8, 4) is 0 Å². The Balaban J connectivity index is 1.37. The first-order chi connectivity index (χ1) is 13.1. The Labute approximate surface area is 156 Å². The monoisotopic (exact) mass is 366 g/mol. The summed E-state index contributed by atoms with van der Waals surface area (Å²) in [6.45, 7) is 5.20. The van der Waals surface area contributed by atoms with Crippen molar-refractivity contribution in [1.82, 2.24) is 19.9 Å². The summed E-state index contributed by atoms with van der Waals surface area (Å²) in [5.74, 6) is 0.918. The molecule has 8 nitrogen and oxygen atoms in total. The number of nitrogens with one attached hydrogen (secondary N) is 3. The number of H-pyrrole nitrogens is 2. The van der Waals surface area contributed by atoms with Crippen molar-refractivity contribution in [1.29, 1.82) is 0 Å². The number of aromatic amines is 2. The van der Waals surface area contributed by atoms with Crippen molar-refractivity contribution in [2.24, 2.45) is 0 Å². The molecule has 1 fully saturated rings. The van der Waals surface area contributed by atoms with Crippen LogP contribution in [-0.2, 0) is 4.79 Å². The predicted molar refractivity (Wildman–Crippen MR) is 105 cm³/mol. The quantitative estimate of drug-likeness (QED) is 0.649. The summed E-state index contributed by atoms with van der Waals surface area (Å²) in [4.78, 5) is 38.2. The minimum Gasteiger partial charge on any atom is -0.354 e. The van der Waals surface area contributed by atoms with Crippen LogP contribution in [0.15, 0.2) is 47.4 Å². The molecule has 1 amide bonds. The molecule has 140 valence electrons. The van der Waals surface area contributed by atoms with Crippen LogP contribution in [0.2, 0.25) is 0 Å². The molecule has 0 bridgehead atoms. The van der Waals surface area contributed by atoms with Crippen molar-refractivity contribution >= 4 is 28.4 Å². The molecule has 1 aliphatic rings. The molecule has 4 rings (SSSR count). The van der Waals surface area contributed by atoms with Gasteiger partial charge in [0.05, 0.1) is 17.1 Å². The molecule has 0 spiro atoms. The number of nitrogens with zero attached hydrogens (tertiary/aromatic N) is 3. The molecule has 3 N–H and O–H groups in total. The zero-order chi connectivity index (χ0) is 18.8. The van der Waals surface area contributed by atoms with Gasteiger partial charge in [-0.15, -0.1) is 0 Å². The van der Waals surface area contributed by atoms with E-state index in [9.17, 15) is 9.59 Å². The molecule has 1 saturated heterocycles. The summed E-state index contributed by atoms with van der Waals surface area (Å²) in [5, 5.41) is 2.94. The van der Waals surface area contributed by atoms with Gasteiger partial charge in [0.25, 0.3) is 0 Å². The number of rotatable bonds is 4. The van der Waals surface area contributed by atoms with Gasteiger partial charge in [-0.05, 0) is 37.3 Å². The zero-order valence-electron chi connectivity index (χ0n) is 15.1. The number of imidazole rings is 1. The number of hydrogen-bond donors (Lipinski definition) is 3. The van der Waals surface area contributed by atoms with Gasteiger partial charge in [0.15, 0.2) is 0 Å². The van der Waals surface area contributed by atoms with E-state index in [-0.39, 0.29) is 17.6 Å². The first-order valence-electron chi connectivity index (χ1n) is 9.03. The van der Waals surface area contributed by atoms with E-state index in [4.69, 9.17) is 0 Å². The van der Waals surface area contributed by atoms with Crippen molar-refractivity contribution in [2.45, 2.75) is 13.0 Å². The van der Waals surface area contributed by atoms with E-state index in [1.54, 1.807) is 24.4 Å². The van der Waals surface area contributed by atoms with Gasteiger partial charge in [0.2, 0.25) is 5.91 Å². The highest BCUT2D eigenvalue weighted by Crippen LogP contribution is 2.17. The highest BCUT2D eigenvalue weighted by atomic mass is 16.2. The van der Waals surface area contributed by atoms with Crippen molar-refractivity contribution in [3.05, 3.63) is 53.1 Å². The molecule has 3 heterocycles. The Morgan fingerprint density at radius 3 is 2.63 bits per heavy atom. The number of pyridine rings is 1. The van der Waals surface area contributed by atoms with Gasteiger partial charge in [-0.2, -0.15) is 0 Å². The summed E-state index contributed by atoms with van der Waals surface area (Å²) >= 11 is 0. The Morgan fingerprint density at radius 2 is 1.89 bits per heavy atom. The van der Waals surface area contributed by atoms with Crippen LogP contribution in [0, 0.1) is 0 Å². The lowest BCUT2D eigenvalue weighted by molar-refractivity contribution is -0.120. The smallest absolute Gasteiger partial charge is 0.323 e. The predicted octanol–water partition coefficient (Wildman–Crippen LogP) is 1.40. The maximum Gasteiger partial charge on any atom is 0.323 e. The number of benzene rings is 1. The minimum atomic E-state index is -0.257. The molecule has 0 aliphatic carbocycles. The van der Waals surface area contributed by atoms with E-state index in [0.29, 0.717) is 11.2 Å². The van der Waals surface area contributed by atoms with E-state index in [1.807, 2.05) is 25.1 Å². The molecule has 3 aromatic rings. The number of fused-ring (bicyclic) bond motifs is 1. The largest absolute Gasteiger partial charge is 0.354 e. The first-order valence-corrected chi connectivity index (χ1v) is 9.03. The third-order valence-electron chi connectivity index (χ3n) is 5.00. The van der Waals surface area contributed by atoms with Crippen molar-refractivity contribution in [2.75, 3.05) is 36.4 Å². The van der Waals surface area contributed by atoms with Crippen LogP contribution < -0.4 is 15.9 Å². The Morgan fingerprint density at radius 1 is 1.11 bits per heavy atom. The molecular formula is C19H22N6O2. The number of piperazine rings is 1. The summed E-state index contributed by atoms with van der Waals surface area (Å²) in [7, 11) is 0. The molecule has 0 unspecified atom stereocenters. The fourth-order valence-corrected chi connectivity index (χ4v) is 3.40. The standard InChI is InChI=1S/C19H22N6O2/c1-13(24-8-10-25(11-9-24)17-4-2-3-7-20-17)18(26)21-14-5-6-15-16(12-14)23-19(27)22-15/h2-7,12-13H,8-11H2,1H3,(H,21,26)(H2,22,23,27)/t13-/m1/s1. The second kappa shape index (κ2) is 7.24. The third-order valence-corrected chi connectivity index (χ3v) is 5.00. The van der Waals surface area contributed by atoms with Crippen LogP contribution in [0.3, 0.4) is 0 Å². The summed E-state index contributed by atoms with van der Waals surface area (Å²) in [6.07, 6.45) is 1.80. The Bertz CT molecular complexity index is 988. The number of carbonyl (C=O) groups is 1. The molecule has 27 heavy (non-hydrogen) atoms. The number of aromatic nitrogens is 3. The lowest BCUT2D eigenvalue weighted by atomic mass is 10.2. The average Bonchev–Trinajstić information content (AvgIpc) is 3.07. The highest BCUT2D eigenvalue weighted by Gasteiger charge is 2.26. The third kappa shape index (κ3) is 3.70. The van der Waals surface area contributed by atoms with E-state index < -0.39 is 0 Å². The van der Waals surface area contributed by atoms with Crippen LogP contribution in [0.25, 0.3) is 11.0 Å².